The lowest BCUT2D eigenvalue weighted by molar-refractivity contribution is -0.147. The summed E-state index contributed by atoms with van der Waals surface area (Å²) in [6.07, 6.45) is 2.53. The number of methoxy groups -OCH3 is 1. The third kappa shape index (κ3) is 4.44. The first-order valence-electron chi connectivity index (χ1n) is 6.79. The van der Waals surface area contributed by atoms with Gasteiger partial charge in [-0.3, -0.25) is 4.79 Å². The maximum absolute atomic E-state index is 12.3. The molecule has 1 atom stereocenters. The van der Waals surface area contributed by atoms with Gasteiger partial charge in [0, 0.05) is 13.2 Å². The number of piperidine rings is 1. The average Bonchev–Trinajstić information content (AvgIpc) is 2.39. The minimum Gasteiger partial charge on any atom is -0.368 e. The molecule has 1 aliphatic rings. The number of hydrogen-bond donors (Lipinski definition) is 2. The van der Waals surface area contributed by atoms with Crippen molar-refractivity contribution in [2.24, 2.45) is 0 Å². The SMILES string of the molecule is CCSCCC(C)NC(=O)C1(OC)CCNCC1. The Labute approximate surface area is 115 Å². The van der Waals surface area contributed by atoms with E-state index in [0.717, 1.165) is 43.9 Å². The summed E-state index contributed by atoms with van der Waals surface area (Å²) < 4.78 is 5.51. The van der Waals surface area contributed by atoms with E-state index in [-0.39, 0.29) is 11.9 Å². The van der Waals surface area contributed by atoms with Gasteiger partial charge in [-0.2, -0.15) is 11.8 Å². The van der Waals surface area contributed by atoms with Crippen molar-refractivity contribution in [2.45, 2.75) is 44.8 Å². The number of ether oxygens (including phenoxy) is 1. The van der Waals surface area contributed by atoms with Crippen LogP contribution in [0.1, 0.15) is 33.1 Å². The third-order valence-electron chi connectivity index (χ3n) is 3.49. The molecule has 0 aromatic heterocycles. The zero-order valence-electron chi connectivity index (χ0n) is 11.8. The first-order chi connectivity index (χ1) is 8.64. The van der Waals surface area contributed by atoms with Crippen LogP contribution in [-0.4, -0.2) is 49.3 Å². The lowest BCUT2D eigenvalue weighted by atomic mass is 9.91. The van der Waals surface area contributed by atoms with E-state index in [1.165, 1.54) is 0 Å². The molecule has 106 valence electrons. The predicted octanol–water partition coefficient (Wildman–Crippen LogP) is 1.40. The van der Waals surface area contributed by atoms with Crippen LogP contribution in [0.3, 0.4) is 0 Å². The molecule has 5 heteroatoms. The summed E-state index contributed by atoms with van der Waals surface area (Å²) in [5.41, 5.74) is -0.614. The van der Waals surface area contributed by atoms with Crippen molar-refractivity contribution in [1.82, 2.24) is 10.6 Å². The molecular formula is C13H26N2O2S. The van der Waals surface area contributed by atoms with E-state index in [9.17, 15) is 4.79 Å². The van der Waals surface area contributed by atoms with Crippen LogP contribution in [-0.2, 0) is 9.53 Å². The van der Waals surface area contributed by atoms with Crippen molar-refractivity contribution in [3.05, 3.63) is 0 Å². The summed E-state index contributed by atoms with van der Waals surface area (Å²) in [5, 5.41) is 6.36. The van der Waals surface area contributed by atoms with Gasteiger partial charge in [0.1, 0.15) is 5.60 Å². The number of nitrogens with one attached hydrogen (secondary N) is 2. The lowest BCUT2D eigenvalue weighted by Gasteiger charge is -2.35. The first kappa shape index (κ1) is 15.8. The fraction of sp³-hybridized carbons (Fsp3) is 0.923. The monoisotopic (exact) mass is 274 g/mol. The molecule has 0 spiro atoms. The summed E-state index contributed by atoms with van der Waals surface area (Å²) in [7, 11) is 1.64. The minimum absolute atomic E-state index is 0.0560. The highest BCUT2D eigenvalue weighted by molar-refractivity contribution is 7.99. The normalized spacial score (nSPS) is 20.4. The van der Waals surface area contributed by atoms with Crippen LogP contribution < -0.4 is 10.6 Å². The Hall–Kier alpha value is -0.260. The molecule has 1 heterocycles. The smallest absolute Gasteiger partial charge is 0.252 e. The number of thioether (sulfide) groups is 1. The van der Waals surface area contributed by atoms with Crippen LogP contribution in [0.4, 0.5) is 0 Å². The van der Waals surface area contributed by atoms with Gasteiger partial charge < -0.3 is 15.4 Å². The molecule has 1 amide bonds. The van der Waals surface area contributed by atoms with Gasteiger partial charge in [0.25, 0.3) is 5.91 Å². The highest BCUT2D eigenvalue weighted by atomic mass is 32.2. The number of hydrogen-bond acceptors (Lipinski definition) is 4. The lowest BCUT2D eigenvalue weighted by Crippen LogP contribution is -2.55. The predicted molar refractivity (Wildman–Crippen MR) is 77.1 cm³/mol. The molecule has 0 radical (unpaired) electrons. The highest BCUT2D eigenvalue weighted by Gasteiger charge is 2.39. The van der Waals surface area contributed by atoms with E-state index in [1.807, 2.05) is 11.8 Å². The Balaban J connectivity index is 2.41. The van der Waals surface area contributed by atoms with Crippen LogP contribution >= 0.6 is 11.8 Å². The minimum atomic E-state index is -0.614. The van der Waals surface area contributed by atoms with E-state index in [1.54, 1.807) is 7.11 Å². The molecule has 1 aliphatic heterocycles. The molecule has 1 fully saturated rings. The van der Waals surface area contributed by atoms with Crippen LogP contribution in [0.15, 0.2) is 0 Å². The summed E-state index contributed by atoms with van der Waals surface area (Å²) in [4.78, 5) is 12.3. The van der Waals surface area contributed by atoms with Gasteiger partial charge in [-0.05, 0) is 50.8 Å². The van der Waals surface area contributed by atoms with Gasteiger partial charge in [-0.25, -0.2) is 0 Å². The van der Waals surface area contributed by atoms with Crippen molar-refractivity contribution in [3.8, 4) is 0 Å². The molecule has 0 saturated carbocycles. The van der Waals surface area contributed by atoms with Gasteiger partial charge in [0.05, 0.1) is 0 Å². The molecule has 1 unspecified atom stereocenters. The van der Waals surface area contributed by atoms with Gasteiger partial charge in [-0.15, -0.1) is 0 Å². The molecule has 0 aromatic rings. The zero-order chi connectivity index (χ0) is 13.4. The van der Waals surface area contributed by atoms with E-state index in [2.05, 4.69) is 24.5 Å². The molecular weight excluding hydrogens is 248 g/mol. The summed E-state index contributed by atoms with van der Waals surface area (Å²) in [6.45, 7) is 5.92. The third-order valence-corrected chi connectivity index (χ3v) is 4.43. The van der Waals surface area contributed by atoms with Crippen molar-refractivity contribution in [1.29, 1.82) is 0 Å². The van der Waals surface area contributed by atoms with Crippen molar-refractivity contribution in [3.63, 3.8) is 0 Å². The molecule has 1 rings (SSSR count). The second kappa shape index (κ2) is 8.02. The average molecular weight is 274 g/mol. The van der Waals surface area contributed by atoms with Gasteiger partial charge in [0.15, 0.2) is 0 Å². The Morgan fingerprint density at radius 1 is 1.50 bits per heavy atom. The fourth-order valence-corrected chi connectivity index (χ4v) is 3.00. The molecule has 2 N–H and O–H groups in total. The quantitative estimate of drug-likeness (QED) is 0.689. The first-order valence-corrected chi connectivity index (χ1v) is 7.94. The number of carbonyl (C=O) groups is 1. The van der Waals surface area contributed by atoms with Gasteiger partial charge in [-0.1, -0.05) is 6.92 Å². The Morgan fingerprint density at radius 2 is 2.17 bits per heavy atom. The van der Waals surface area contributed by atoms with E-state index in [0.29, 0.717) is 0 Å². The summed E-state index contributed by atoms with van der Waals surface area (Å²) >= 11 is 1.91. The second-order valence-corrected chi connectivity index (χ2v) is 6.20. The van der Waals surface area contributed by atoms with E-state index in [4.69, 9.17) is 4.74 Å². The molecule has 18 heavy (non-hydrogen) atoms. The molecule has 0 aromatic carbocycles. The molecule has 0 bridgehead atoms. The number of amides is 1. The Morgan fingerprint density at radius 3 is 2.72 bits per heavy atom. The largest absolute Gasteiger partial charge is 0.368 e. The fourth-order valence-electron chi connectivity index (χ4n) is 2.19. The molecule has 0 aliphatic carbocycles. The topological polar surface area (TPSA) is 50.4 Å². The number of rotatable bonds is 7. The maximum atomic E-state index is 12.3. The maximum Gasteiger partial charge on any atom is 0.252 e. The van der Waals surface area contributed by atoms with Crippen LogP contribution in [0, 0.1) is 0 Å². The molecule has 4 nitrogen and oxygen atoms in total. The molecule has 1 saturated heterocycles. The highest BCUT2D eigenvalue weighted by Crippen LogP contribution is 2.23. The van der Waals surface area contributed by atoms with Crippen LogP contribution in [0.25, 0.3) is 0 Å². The zero-order valence-corrected chi connectivity index (χ0v) is 12.6. The Kier molecular flexibility index (Phi) is 7.04. The van der Waals surface area contributed by atoms with Crippen molar-refractivity contribution in [2.75, 3.05) is 31.7 Å². The van der Waals surface area contributed by atoms with Crippen LogP contribution in [0.5, 0.6) is 0 Å². The second-order valence-electron chi connectivity index (χ2n) is 4.81. The van der Waals surface area contributed by atoms with E-state index < -0.39 is 5.60 Å². The summed E-state index contributed by atoms with van der Waals surface area (Å²) in [6, 6.07) is 0.221. The Bertz CT molecular complexity index is 255. The number of carbonyl (C=O) groups excluding carboxylic acids is 1. The van der Waals surface area contributed by atoms with Gasteiger partial charge in [0.2, 0.25) is 0 Å². The summed E-state index contributed by atoms with van der Waals surface area (Å²) in [5.74, 6) is 2.29. The van der Waals surface area contributed by atoms with E-state index >= 15 is 0 Å². The van der Waals surface area contributed by atoms with Gasteiger partial charge >= 0.3 is 0 Å². The van der Waals surface area contributed by atoms with Crippen molar-refractivity contribution >= 4 is 17.7 Å². The van der Waals surface area contributed by atoms with Crippen molar-refractivity contribution < 1.29 is 9.53 Å². The standard InChI is InChI=1S/C13H26N2O2S/c1-4-18-10-5-11(2)15-12(16)13(17-3)6-8-14-9-7-13/h11,14H,4-10H2,1-3H3,(H,15,16). The van der Waals surface area contributed by atoms with Crippen LogP contribution in [0.2, 0.25) is 0 Å².